The highest BCUT2D eigenvalue weighted by molar-refractivity contribution is 7.92. The number of aromatic nitrogens is 2. The third-order valence-electron chi connectivity index (χ3n) is 5.30. The monoisotopic (exact) mass is 489 g/mol. The second-order valence-electron chi connectivity index (χ2n) is 7.50. The largest absolute Gasteiger partial charge is 0.497 e. The molecule has 0 amide bonds. The summed E-state index contributed by atoms with van der Waals surface area (Å²) >= 11 is 12.0. The first-order chi connectivity index (χ1) is 15.2. The van der Waals surface area contributed by atoms with Crippen molar-refractivity contribution in [1.29, 1.82) is 0 Å². The number of sulfonamides is 1. The molecule has 0 saturated heterocycles. The topological polar surface area (TPSA) is 73.2 Å². The molecule has 1 N–H and O–H groups in total. The summed E-state index contributed by atoms with van der Waals surface area (Å²) in [5, 5.41) is 0.484. The number of anilines is 1. The predicted octanol–water partition coefficient (Wildman–Crippen LogP) is 5.82. The zero-order valence-corrected chi connectivity index (χ0v) is 20.0. The summed E-state index contributed by atoms with van der Waals surface area (Å²) in [7, 11) is -2.30. The molecule has 0 bridgehead atoms. The minimum absolute atomic E-state index is 0.0140. The number of aryl methyl sites for hydroxylation is 1. The quantitative estimate of drug-likeness (QED) is 0.370. The fraction of sp³-hybridized carbons (Fsp3) is 0.174. The van der Waals surface area contributed by atoms with E-state index in [1.807, 2.05) is 48.7 Å². The van der Waals surface area contributed by atoms with E-state index >= 15 is 0 Å². The van der Waals surface area contributed by atoms with Gasteiger partial charge in [-0.3, -0.25) is 4.72 Å². The molecule has 1 heterocycles. The van der Waals surface area contributed by atoms with Crippen molar-refractivity contribution in [3.63, 3.8) is 0 Å². The van der Waals surface area contributed by atoms with Gasteiger partial charge in [-0.25, -0.2) is 13.4 Å². The summed E-state index contributed by atoms with van der Waals surface area (Å²) in [5.41, 5.74) is 4.58. The molecule has 166 valence electrons. The number of fused-ring (bicyclic) bond motifs is 1. The molecule has 3 aromatic carbocycles. The first-order valence-electron chi connectivity index (χ1n) is 9.75. The lowest BCUT2D eigenvalue weighted by molar-refractivity contribution is 0.414. The first-order valence-corrected chi connectivity index (χ1v) is 12.0. The van der Waals surface area contributed by atoms with Crippen molar-refractivity contribution in [2.75, 3.05) is 11.8 Å². The maximum Gasteiger partial charge on any atom is 0.262 e. The SMILES string of the molecule is COc1cccc(Cn2cnc3c(NS(=O)(=O)c4cc(Cl)cc(Cl)c4)c(C)c(C)cc32)c1. The standard InChI is InChI=1S/C23H21Cl2N3O3S/c1-14-7-21-23(26-13-28(21)12-16-5-4-6-19(8-16)31-3)22(15(14)2)27-32(29,30)20-10-17(24)9-18(25)11-20/h4-11,13,27H,12H2,1-3H3. The summed E-state index contributed by atoms with van der Waals surface area (Å²) in [6, 6.07) is 14.0. The molecular weight excluding hydrogens is 469 g/mol. The fourth-order valence-electron chi connectivity index (χ4n) is 3.52. The summed E-state index contributed by atoms with van der Waals surface area (Å²) < 4.78 is 36.2. The molecule has 9 heteroatoms. The Kier molecular flexibility index (Phi) is 6.07. The van der Waals surface area contributed by atoms with Crippen molar-refractivity contribution in [2.45, 2.75) is 25.3 Å². The molecule has 0 radical (unpaired) electrons. The second kappa shape index (κ2) is 8.65. The fourth-order valence-corrected chi connectivity index (χ4v) is 5.38. The molecule has 4 aromatic rings. The van der Waals surface area contributed by atoms with E-state index in [-0.39, 0.29) is 14.9 Å². The number of halogens is 2. The lowest BCUT2D eigenvalue weighted by Crippen LogP contribution is -2.14. The lowest BCUT2D eigenvalue weighted by Gasteiger charge is -2.15. The van der Waals surface area contributed by atoms with E-state index in [0.717, 1.165) is 28.0 Å². The maximum atomic E-state index is 13.1. The molecule has 0 aliphatic heterocycles. The van der Waals surface area contributed by atoms with Crippen LogP contribution in [-0.4, -0.2) is 25.1 Å². The van der Waals surface area contributed by atoms with Gasteiger partial charge in [0.15, 0.2) is 0 Å². The van der Waals surface area contributed by atoms with E-state index in [1.165, 1.54) is 18.2 Å². The van der Waals surface area contributed by atoms with Crippen LogP contribution in [-0.2, 0) is 16.6 Å². The molecule has 6 nitrogen and oxygen atoms in total. The Hall–Kier alpha value is -2.74. The van der Waals surface area contributed by atoms with E-state index in [0.29, 0.717) is 17.7 Å². The molecule has 0 aliphatic carbocycles. The summed E-state index contributed by atoms with van der Waals surface area (Å²) in [5.74, 6) is 0.771. The molecule has 1 aromatic heterocycles. The van der Waals surface area contributed by atoms with E-state index < -0.39 is 10.0 Å². The van der Waals surface area contributed by atoms with Crippen LogP contribution in [0.15, 0.2) is 59.8 Å². The van der Waals surface area contributed by atoms with Gasteiger partial charge in [0.25, 0.3) is 10.0 Å². The van der Waals surface area contributed by atoms with Gasteiger partial charge in [0.05, 0.1) is 29.5 Å². The van der Waals surface area contributed by atoms with Gasteiger partial charge < -0.3 is 9.30 Å². The minimum atomic E-state index is -3.93. The normalized spacial score (nSPS) is 11.7. The predicted molar refractivity (Wildman–Crippen MR) is 129 cm³/mol. The van der Waals surface area contributed by atoms with Crippen molar-refractivity contribution in [1.82, 2.24) is 9.55 Å². The second-order valence-corrected chi connectivity index (χ2v) is 10.1. The number of nitrogens with one attached hydrogen (secondary N) is 1. The molecule has 0 unspecified atom stereocenters. The smallest absolute Gasteiger partial charge is 0.262 e. The van der Waals surface area contributed by atoms with Gasteiger partial charge >= 0.3 is 0 Å². The highest BCUT2D eigenvalue weighted by Gasteiger charge is 2.21. The van der Waals surface area contributed by atoms with Gasteiger partial charge in [0, 0.05) is 16.6 Å². The van der Waals surface area contributed by atoms with Crippen LogP contribution < -0.4 is 9.46 Å². The Balaban J connectivity index is 1.77. The first kappa shape index (κ1) is 22.5. The number of nitrogens with zero attached hydrogens (tertiary/aromatic N) is 2. The Bertz CT molecular complexity index is 1410. The van der Waals surface area contributed by atoms with E-state index in [9.17, 15) is 8.42 Å². The van der Waals surface area contributed by atoms with Gasteiger partial charge in [-0.1, -0.05) is 35.3 Å². The molecular formula is C23H21Cl2N3O3S. The molecule has 0 spiro atoms. The van der Waals surface area contributed by atoms with E-state index in [4.69, 9.17) is 27.9 Å². The number of methoxy groups -OCH3 is 1. The van der Waals surface area contributed by atoms with Crippen molar-refractivity contribution in [3.05, 3.63) is 81.6 Å². The number of rotatable bonds is 6. The van der Waals surface area contributed by atoms with Gasteiger partial charge in [-0.2, -0.15) is 0 Å². The molecule has 32 heavy (non-hydrogen) atoms. The molecule has 0 atom stereocenters. The molecule has 0 aliphatic rings. The number of imidazole rings is 1. The van der Waals surface area contributed by atoms with Crippen LogP contribution in [0.5, 0.6) is 5.75 Å². The van der Waals surface area contributed by atoms with Crippen LogP contribution in [0.4, 0.5) is 5.69 Å². The third-order valence-corrected chi connectivity index (χ3v) is 7.07. The Morgan fingerprint density at radius 1 is 1.06 bits per heavy atom. The van der Waals surface area contributed by atoms with Crippen molar-refractivity contribution in [3.8, 4) is 5.75 Å². The molecule has 0 saturated carbocycles. The summed E-state index contributed by atoms with van der Waals surface area (Å²) in [6.45, 7) is 4.36. The number of hydrogen-bond donors (Lipinski definition) is 1. The van der Waals surface area contributed by atoms with Gasteiger partial charge in [-0.05, 0) is 66.9 Å². The average Bonchev–Trinajstić information content (AvgIpc) is 3.13. The Morgan fingerprint density at radius 2 is 1.78 bits per heavy atom. The van der Waals surface area contributed by atoms with Crippen LogP contribution in [0.2, 0.25) is 10.0 Å². The minimum Gasteiger partial charge on any atom is -0.497 e. The van der Waals surface area contributed by atoms with Crippen LogP contribution in [0, 0.1) is 13.8 Å². The third kappa shape index (κ3) is 4.41. The molecule has 4 rings (SSSR count). The highest BCUT2D eigenvalue weighted by Crippen LogP contribution is 2.32. The van der Waals surface area contributed by atoms with Crippen molar-refractivity contribution in [2.24, 2.45) is 0 Å². The van der Waals surface area contributed by atoms with Crippen LogP contribution in [0.1, 0.15) is 16.7 Å². The Morgan fingerprint density at radius 3 is 2.47 bits per heavy atom. The maximum absolute atomic E-state index is 13.1. The van der Waals surface area contributed by atoms with Crippen LogP contribution in [0.3, 0.4) is 0 Å². The van der Waals surface area contributed by atoms with Crippen LogP contribution >= 0.6 is 23.2 Å². The zero-order valence-electron chi connectivity index (χ0n) is 17.7. The van der Waals surface area contributed by atoms with E-state index in [2.05, 4.69) is 9.71 Å². The van der Waals surface area contributed by atoms with Crippen molar-refractivity contribution >= 4 is 49.9 Å². The number of benzene rings is 3. The summed E-state index contributed by atoms with van der Waals surface area (Å²) in [6.07, 6.45) is 1.71. The van der Waals surface area contributed by atoms with Crippen molar-refractivity contribution < 1.29 is 13.2 Å². The van der Waals surface area contributed by atoms with Crippen LogP contribution in [0.25, 0.3) is 11.0 Å². The van der Waals surface area contributed by atoms with Gasteiger partial charge in [0.2, 0.25) is 0 Å². The Labute approximate surface area is 196 Å². The zero-order chi connectivity index (χ0) is 23.0. The number of ether oxygens (including phenoxy) is 1. The molecule has 0 fully saturated rings. The number of hydrogen-bond acceptors (Lipinski definition) is 4. The summed E-state index contributed by atoms with van der Waals surface area (Å²) in [4.78, 5) is 4.51. The van der Waals surface area contributed by atoms with E-state index in [1.54, 1.807) is 13.4 Å². The van der Waals surface area contributed by atoms with Gasteiger partial charge in [0.1, 0.15) is 11.3 Å². The highest BCUT2D eigenvalue weighted by atomic mass is 35.5. The lowest BCUT2D eigenvalue weighted by atomic mass is 10.1. The van der Waals surface area contributed by atoms with Gasteiger partial charge in [-0.15, -0.1) is 0 Å². The average molecular weight is 490 g/mol.